The summed E-state index contributed by atoms with van der Waals surface area (Å²) in [6.45, 7) is 4.80. The zero-order valence-electron chi connectivity index (χ0n) is 64.2. The maximum absolute atomic E-state index is 13.0. The number of hydrogen-bond acceptors (Lipinski definition) is 7. The van der Waals surface area contributed by atoms with E-state index < -0.39 is 18.4 Å². The number of allylic oxidation sites excluding steroid dienone is 18. The van der Waals surface area contributed by atoms with Gasteiger partial charge in [0.1, 0.15) is 13.2 Å². The maximum Gasteiger partial charge on any atom is 0.361 e. The van der Waals surface area contributed by atoms with Crippen LogP contribution < -0.4 is 0 Å². The Morgan fingerprint density at radius 1 is 0.320 bits per heavy atom. The van der Waals surface area contributed by atoms with E-state index in [2.05, 4.69) is 123 Å². The summed E-state index contributed by atoms with van der Waals surface area (Å²) in [7, 11) is 5.99. The molecule has 97 heavy (non-hydrogen) atoms. The Morgan fingerprint density at radius 2 is 0.588 bits per heavy atom. The summed E-state index contributed by atoms with van der Waals surface area (Å²) in [5.41, 5.74) is 0. The van der Waals surface area contributed by atoms with Crippen LogP contribution in [0.1, 0.15) is 373 Å². The highest BCUT2D eigenvalue weighted by Gasteiger charge is 2.25. The monoisotopic (exact) mass is 1360 g/mol. The van der Waals surface area contributed by atoms with E-state index in [1.807, 2.05) is 21.1 Å². The van der Waals surface area contributed by atoms with E-state index in [1.165, 1.54) is 257 Å². The number of carbonyl (C=O) groups excluding carboxylic acids is 2. The van der Waals surface area contributed by atoms with E-state index in [-0.39, 0.29) is 38.2 Å². The number of rotatable bonds is 76. The van der Waals surface area contributed by atoms with Crippen molar-refractivity contribution in [1.82, 2.24) is 0 Å². The normalized spacial score (nSPS) is 13.2. The Labute approximate surface area is 600 Å². The quantitative estimate of drug-likeness (QED) is 0.0211. The number of unbranched alkanes of at least 4 members (excludes halogenated alkanes) is 43. The molecular weight excluding hydrogens is 1200 g/mol. The van der Waals surface area contributed by atoms with Gasteiger partial charge in [0.25, 0.3) is 6.29 Å². The highest BCUT2D eigenvalue weighted by atomic mass is 16.7. The number of nitrogens with zero attached hydrogens (tertiary/aromatic N) is 1. The first kappa shape index (κ1) is 93.0. The molecule has 2 unspecified atom stereocenters. The predicted molar refractivity (Wildman–Crippen MR) is 419 cm³/mol. The van der Waals surface area contributed by atoms with Gasteiger partial charge >= 0.3 is 17.9 Å². The number of likely N-dealkylation sites (N-methyl/N-ethyl adjacent to an activating group) is 1. The number of aliphatic carboxylic acids is 1. The van der Waals surface area contributed by atoms with Crippen molar-refractivity contribution in [3.63, 3.8) is 0 Å². The second-order valence-electron chi connectivity index (χ2n) is 28.7. The molecule has 0 aromatic carbocycles. The molecule has 0 saturated carbocycles. The number of ether oxygens (including phenoxy) is 4. The van der Waals surface area contributed by atoms with Crippen molar-refractivity contribution >= 4 is 17.9 Å². The summed E-state index contributed by atoms with van der Waals surface area (Å²) in [4.78, 5) is 37.8. The lowest BCUT2D eigenvalue weighted by Gasteiger charge is -2.25. The van der Waals surface area contributed by atoms with Crippen LogP contribution in [0.4, 0.5) is 0 Å². The third-order valence-electron chi connectivity index (χ3n) is 18.0. The first-order chi connectivity index (χ1) is 47.6. The third-order valence-corrected chi connectivity index (χ3v) is 18.0. The number of carbonyl (C=O) groups is 3. The van der Waals surface area contributed by atoms with Gasteiger partial charge in [0.2, 0.25) is 0 Å². The predicted octanol–water partition coefficient (Wildman–Crippen LogP) is 26.5. The molecule has 9 nitrogen and oxygen atoms in total. The number of esters is 2. The average Bonchev–Trinajstić information content (AvgIpc) is 2.39. The van der Waals surface area contributed by atoms with Crippen molar-refractivity contribution < 1.29 is 42.9 Å². The molecule has 0 aromatic rings. The van der Waals surface area contributed by atoms with Crippen LogP contribution in [0, 0.1) is 0 Å². The van der Waals surface area contributed by atoms with E-state index in [0.717, 1.165) is 89.9 Å². The van der Waals surface area contributed by atoms with Gasteiger partial charge in [0.15, 0.2) is 6.10 Å². The average molecular weight is 1360 g/mol. The zero-order chi connectivity index (χ0) is 70.4. The highest BCUT2D eigenvalue weighted by Crippen LogP contribution is 2.19. The van der Waals surface area contributed by atoms with E-state index in [4.69, 9.17) is 18.9 Å². The standard InChI is InChI=1S/C88H155NO8/c1-6-8-10-12-14-16-18-20-22-24-26-28-30-32-34-36-38-40-41-42-43-44-45-47-49-51-53-55-57-59-61-63-65-67-69-71-73-75-77-79-86(91)97-84(83-96-88(87(92)93)94-81-80-89(3,4)5)82-95-85(90)78-76-74-72-70-68-66-64-62-60-58-56-54-52-50-48-46-39-37-35-33-31-29-27-25-23-21-19-17-15-13-11-9-7-2/h8,10,14,16,19-22,25-28,31-34,38,40,84,88H,6-7,9,11-13,15,17-18,23-24,29-30,35-37,39,41-83H2,1-5H3/p+1/b10-8-,16-14-,21-19-,22-20-,27-25-,28-26-,33-31-,34-32-,40-38-. The number of quaternary nitrogens is 1. The molecule has 0 spiro atoms. The second-order valence-corrected chi connectivity index (χ2v) is 28.7. The Hall–Kier alpha value is -4.05. The van der Waals surface area contributed by atoms with Gasteiger partial charge in [0, 0.05) is 12.8 Å². The lowest BCUT2D eigenvalue weighted by molar-refractivity contribution is -0.870. The first-order valence-electron chi connectivity index (χ1n) is 41.1. The van der Waals surface area contributed by atoms with Crippen LogP contribution in [0.25, 0.3) is 0 Å². The molecule has 0 aliphatic carbocycles. The summed E-state index contributed by atoms with van der Waals surface area (Å²) in [6, 6.07) is 0. The molecule has 0 aliphatic heterocycles. The lowest BCUT2D eigenvalue weighted by atomic mass is 10.0. The smallest absolute Gasteiger partial charge is 0.361 e. The van der Waals surface area contributed by atoms with Crippen LogP contribution >= 0.6 is 0 Å². The minimum atomic E-state index is -1.51. The Balaban J connectivity index is 3.99. The topological polar surface area (TPSA) is 108 Å². The molecule has 560 valence electrons. The van der Waals surface area contributed by atoms with E-state index in [0.29, 0.717) is 17.4 Å². The Morgan fingerprint density at radius 3 is 0.876 bits per heavy atom. The minimum absolute atomic E-state index is 0.181. The molecule has 0 aromatic heterocycles. The van der Waals surface area contributed by atoms with Gasteiger partial charge in [-0.2, -0.15) is 0 Å². The van der Waals surface area contributed by atoms with Gasteiger partial charge in [0.05, 0.1) is 34.4 Å². The molecule has 0 saturated heterocycles. The molecular formula is C88H156NO8+. The van der Waals surface area contributed by atoms with Crippen LogP contribution in [0.2, 0.25) is 0 Å². The fourth-order valence-electron chi connectivity index (χ4n) is 11.8. The fraction of sp³-hybridized carbons (Fsp3) is 0.761. The molecule has 2 atom stereocenters. The summed E-state index contributed by atoms with van der Waals surface area (Å²) in [5, 5.41) is 9.78. The third kappa shape index (κ3) is 79.2. The number of carboxylic acid groups (broad SMARTS) is 1. The summed E-state index contributed by atoms with van der Waals surface area (Å²) in [6.07, 6.45) is 107. The SMILES string of the molecule is CC/C=C\C/C=C\C/C=C\C/C=C\C/C=C\C/C=C\CCCCCCCCCCCCCCCCCCCCCCC(=O)OC(COC(=O)CCCCCCCCCCCCCCCCCCCC/C=C\C/C=C\C/C=C\CCCCCCC)COC(OCC[N+](C)(C)C)C(=O)O. The molecule has 0 bridgehead atoms. The molecule has 0 amide bonds. The summed E-state index contributed by atoms with van der Waals surface area (Å²) in [5.74, 6) is -1.98. The van der Waals surface area contributed by atoms with Gasteiger partial charge in [-0.3, -0.25) is 9.59 Å². The zero-order valence-corrected chi connectivity index (χ0v) is 64.2. The number of hydrogen-bond donors (Lipinski definition) is 1. The molecule has 0 heterocycles. The van der Waals surface area contributed by atoms with Crippen molar-refractivity contribution in [1.29, 1.82) is 0 Å². The Kier molecular flexibility index (Phi) is 74.4. The van der Waals surface area contributed by atoms with Gasteiger partial charge in [-0.1, -0.05) is 367 Å². The molecule has 1 N–H and O–H groups in total. The van der Waals surface area contributed by atoms with E-state index >= 15 is 0 Å². The molecule has 0 rings (SSSR count). The van der Waals surface area contributed by atoms with Crippen molar-refractivity contribution in [2.24, 2.45) is 0 Å². The summed E-state index contributed by atoms with van der Waals surface area (Å²) < 4.78 is 23.1. The number of carboxylic acids is 1. The first-order valence-corrected chi connectivity index (χ1v) is 41.1. The molecule has 0 aliphatic rings. The lowest BCUT2D eigenvalue weighted by Crippen LogP contribution is -2.40. The van der Waals surface area contributed by atoms with Crippen molar-refractivity contribution in [2.45, 2.75) is 386 Å². The largest absolute Gasteiger partial charge is 0.477 e. The van der Waals surface area contributed by atoms with Crippen LogP contribution in [0.3, 0.4) is 0 Å². The van der Waals surface area contributed by atoms with Crippen molar-refractivity contribution in [3.05, 3.63) is 109 Å². The maximum atomic E-state index is 13.0. The second kappa shape index (κ2) is 77.7. The molecule has 0 fully saturated rings. The van der Waals surface area contributed by atoms with Crippen LogP contribution in [-0.2, 0) is 33.3 Å². The fourth-order valence-corrected chi connectivity index (χ4v) is 11.8. The van der Waals surface area contributed by atoms with Crippen LogP contribution in [-0.4, -0.2) is 87.4 Å². The Bertz CT molecular complexity index is 1970. The highest BCUT2D eigenvalue weighted by molar-refractivity contribution is 5.71. The van der Waals surface area contributed by atoms with E-state index in [1.54, 1.807) is 0 Å². The van der Waals surface area contributed by atoms with Crippen molar-refractivity contribution in [3.8, 4) is 0 Å². The van der Waals surface area contributed by atoms with Crippen molar-refractivity contribution in [2.75, 3.05) is 47.5 Å². The van der Waals surface area contributed by atoms with Gasteiger partial charge in [-0.25, -0.2) is 4.79 Å². The van der Waals surface area contributed by atoms with Gasteiger partial charge in [-0.15, -0.1) is 0 Å². The minimum Gasteiger partial charge on any atom is -0.477 e. The van der Waals surface area contributed by atoms with Crippen LogP contribution in [0.5, 0.6) is 0 Å². The summed E-state index contributed by atoms with van der Waals surface area (Å²) >= 11 is 0. The molecule has 0 radical (unpaired) electrons. The van der Waals surface area contributed by atoms with Gasteiger partial charge in [-0.05, 0) is 103 Å². The van der Waals surface area contributed by atoms with E-state index in [9.17, 15) is 19.5 Å². The van der Waals surface area contributed by atoms with Gasteiger partial charge < -0.3 is 28.5 Å². The van der Waals surface area contributed by atoms with Crippen LogP contribution in [0.15, 0.2) is 109 Å². The molecule has 9 heteroatoms.